The Kier molecular flexibility index (Phi) is 4.33. The number of rotatable bonds is 5. The second-order valence-corrected chi connectivity index (χ2v) is 5.31. The van der Waals surface area contributed by atoms with E-state index in [2.05, 4.69) is 20.8 Å². The Bertz CT molecular complexity index is 394. The highest BCUT2D eigenvalue weighted by Crippen LogP contribution is 2.34. The summed E-state index contributed by atoms with van der Waals surface area (Å²) in [6.45, 7) is 8.49. The van der Waals surface area contributed by atoms with Gasteiger partial charge in [0, 0.05) is 6.42 Å². The van der Waals surface area contributed by atoms with Crippen molar-refractivity contribution in [1.29, 1.82) is 0 Å². The molecule has 0 saturated carbocycles. The van der Waals surface area contributed by atoms with Crippen LogP contribution in [0.5, 0.6) is 5.75 Å². The van der Waals surface area contributed by atoms with Gasteiger partial charge in [0.1, 0.15) is 12.0 Å². The fourth-order valence-electron chi connectivity index (χ4n) is 1.85. The molecule has 0 fully saturated rings. The fourth-order valence-corrected chi connectivity index (χ4v) is 1.85. The average Bonchev–Trinajstić information content (AvgIpc) is 2.29. The van der Waals surface area contributed by atoms with Gasteiger partial charge in [0.25, 0.3) is 0 Å². The Morgan fingerprint density at radius 3 is 2.59 bits per heavy atom. The van der Waals surface area contributed by atoms with Gasteiger partial charge in [-0.15, -0.1) is 0 Å². The number of aromatic hydroxyl groups is 1. The van der Waals surface area contributed by atoms with Gasteiger partial charge in [-0.3, -0.25) is 0 Å². The summed E-state index contributed by atoms with van der Waals surface area (Å²) in [6.07, 6.45) is 2.39. The van der Waals surface area contributed by atoms with Crippen molar-refractivity contribution in [3.63, 3.8) is 0 Å². The van der Waals surface area contributed by atoms with Crippen LogP contribution in [0.1, 0.15) is 57.6 Å². The van der Waals surface area contributed by atoms with E-state index in [-0.39, 0.29) is 17.1 Å². The second-order valence-electron chi connectivity index (χ2n) is 5.31. The van der Waals surface area contributed by atoms with Gasteiger partial charge >= 0.3 is 0 Å². The molecule has 94 valence electrons. The monoisotopic (exact) mass is 234 g/mol. The smallest absolute Gasteiger partial charge is 0.120 e. The Morgan fingerprint density at radius 2 is 2.06 bits per heavy atom. The van der Waals surface area contributed by atoms with Crippen molar-refractivity contribution in [2.45, 2.75) is 51.9 Å². The van der Waals surface area contributed by atoms with Crippen molar-refractivity contribution in [3.05, 3.63) is 29.3 Å². The van der Waals surface area contributed by atoms with Crippen LogP contribution in [0.15, 0.2) is 18.2 Å². The first kappa shape index (κ1) is 13.8. The Labute approximate surface area is 104 Å². The number of aldehydes is 1. The lowest BCUT2D eigenvalue weighted by Crippen LogP contribution is -2.15. The predicted octanol–water partition coefficient (Wildman–Crippen LogP) is 3.77. The molecule has 0 heterocycles. The fraction of sp³-hybridized carbons (Fsp3) is 0.533. The standard InChI is InChI=1S/C15H22O2/c1-5-15(3,4)12-6-7-14(17)13(10-12)11(2)8-9-16/h6-7,9-11,17H,5,8H2,1-4H3. The number of phenolic OH excluding ortho intramolecular Hbond substituents is 1. The molecule has 0 amide bonds. The van der Waals surface area contributed by atoms with Crippen LogP contribution in [0.4, 0.5) is 0 Å². The van der Waals surface area contributed by atoms with E-state index >= 15 is 0 Å². The van der Waals surface area contributed by atoms with Crippen LogP contribution in [-0.4, -0.2) is 11.4 Å². The van der Waals surface area contributed by atoms with Gasteiger partial charge in [0.05, 0.1) is 0 Å². The zero-order valence-corrected chi connectivity index (χ0v) is 11.2. The van der Waals surface area contributed by atoms with Gasteiger partial charge in [-0.05, 0) is 34.9 Å². The van der Waals surface area contributed by atoms with Gasteiger partial charge in [0.2, 0.25) is 0 Å². The summed E-state index contributed by atoms with van der Waals surface area (Å²) in [5.74, 6) is 0.357. The molecule has 2 heteroatoms. The van der Waals surface area contributed by atoms with Crippen LogP contribution in [0.3, 0.4) is 0 Å². The highest BCUT2D eigenvalue weighted by molar-refractivity contribution is 5.53. The molecule has 0 aliphatic carbocycles. The molecule has 1 aromatic rings. The van der Waals surface area contributed by atoms with Gasteiger partial charge in [0.15, 0.2) is 0 Å². The molecule has 0 radical (unpaired) electrons. The normalized spacial score (nSPS) is 13.4. The summed E-state index contributed by atoms with van der Waals surface area (Å²) in [5.41, 5.74) is 2.19. The van der Waals surface area contributed by atoms with Crippen molar-refractivity contribution in [1.82, 2.24) is 0 Å². The van der Waals surface area contributed by atoms with Crippen molar-refractivity contribution in [2.75, 3.05) is 0 Å². The SMILES string of the molecule is CCC(C)(C)c1ccc(O)c(C(C)CC=O)c1. The molecular formula is C15H22O2. The van der Waals surface area contributed by atoms with Crippen LogP contribution in [0, 0.1) is 0 Å². The minimum atomic E-state index is 0.0695. The Balaban J connectivity index is 3.14. The summed E-state index contributed by atoms with van der Waals surface area (Å²) in [6, 6.07) is 5.74. The van der Waals surface area contributed by atoms with Crippen LogP contribution in [0.2, 0.25) is 0 Å². The van der Waals surface area contributed by atoms with E-state index in [9.17, 15) is 9.90 Å². The average molecular weight is 234 g/mol. The lowest BCUT2D eigenvalue weighted by atomic mass is 9.80. The quantitative estimate of drug-likeness (QED) is 0.787. The number of carbonyl (C=O) groups excluding carboxylic acids is 1. The van der Waals surface area contributed by atoms with Gasteiger partial charge in [-0.25, -0.2) is 0 Å². The van der Waals surface area contributed by atoms with E-state index in [1.807, 2.05) is 19.1 Å². The van der Waals surface area contributed by atoms with Crippen molar-refractivity contribution in [3.8, 4) is 5.75 Å². The molecule has 0 spiro atoms. The van der Waals surface area contributed by atoms with E-state index in [4.69, 9.17) is 0 Å². The van der Waals surface area contributed by atoms with Crippen LogP contribution in [-0.2, 0) is 10.2 Å². The van der Waals surface area contributed by atoms with E-state index in [1.165, 1.54) is 5.56 Å². The second kappa shape index (κ2) is 5.35. The molecule has 1 unspecified atom stereocenters. The molecule has 0 aliphatic rings. The zero-order valence-electron chi connectivity index (χ0n) is 11.2. The van der Waals surface area contributed by atoms with E-state index in [1.54, 1.807) is 6.07 Å². The molecule has 1 rings (SSSR count). The first-order valence-corrected chi connectivity index (χ1v) is 6.19. The Morgan fingerprint density at radius 1 is 1.41 bits per heavy atom. The molecule has 1 aromatic carbocycles. The molecule has 17 heavy (non-hydrogen) atoms. The van der Waals surface area contributed by atoms with E-state index < -0.39 is 0 Å². The molecule has 2 nitrogen and oxygen atoms in total. The van der Waals surface area contributed by atoms with Crippen molar-refractivity contribution in [2.24, 2.45) is 0 Å². The maximum atomic E-state index is 10.6. The first-order valence-electron chi connectivity index (χ1n) is 6.19. The van der Waals surface area contributed by atoms with Gasteiger partial charge < -0.3 is 9.90 Å². The van der Waals surface area contributed by atoms with Gasteiger partial charge in [-0.2, -0.15) is 0 Å². The topological polar surface area (TPSA) is 37.3 Å². The molecular weight excluding hydrogens is 212 g/mol. The van der Waals surface area contributed by atoms with Crippen molar-refractivity contribution < 1.29 is 9.90 Å². The van der Waals surface area contributed by atoms with Crippen LogP contribution in [0.25, 0.3) is 0 Å². The molecule has 1 atom stereocenters. The molecule has 0 saturated heterocycles. The number of carbonyl (C=O) groups is 1. The third-order valence-corrected chi connectivity index (χ3v) is 3.67. The lowest BCUT2D eigenvalue weighted by molar-refractivity contribution is -0.108. The number of hydrogen-bond donors (Lipinski definition) is 1. The summed E-state index contributed by atoms with van der Waals surface area (Å²) in [4.78, 5) is 10.6. The lowest BCUT2D eigenvalue weighted by Gasteiger charge is -2.25. The maximum absolute atomic E-state index is 10.6. The molecule has 0 bridgehead atoms. The van der Waals surface area contributed by atoms with Crippen LogP contribution < -0.4 is 0 Å². The summed E-state index contributed by atoms with van der Waals surface area (Å²) in [7, 11) is 0. The van der Waals surface area contributed by atoms with Crippen molar-refractivity contribution >= 4 is 6.29 Å². The van der Waals surface area contributed by atoms with E-state index in [0.717, 1.165) is 18.3 Å². The Hall–Kier alpha value is -1.31. The highest BCUT2D eigenvalue weighted by Gasteiger charge is 2.20. The minimum Gasteiger partial charge on any atom is -0.508 e. The molecule has 0 aliphatic heterocycles. The first-order chi connectivity index (χ1) is 7.92. The minimum absolute atomic E-state index is 0.0695. The summed E-state index contributed by atoms with van der Waals surface area (Å²) < 4.78 is 0. The zero-order chi connectivity index (χ0) is 13.1. The molecule has 1 N–H and O–H groups in total. The summed E-state index contributed by atoms with van der Waals surface area (Å²) >= 11 is 0. The number of benzene rings is 1. The third-order valence-electron chi connectivity index (χ3n) is 3.67. The highest BCUT2D eigenvalue weighted by atomic mass is 16.3. The maximum Gasteiger partial charge on any atom is 0.120 e. The summed E-state index contributed by atoms with van der Waals surface area (Å²) in [5, 5.41) is 9.85. The third kappa shape index (κ3) is 3.09. The number of hydrogen-bond acceptors (Lipinski definition) is 2. The van der Waals surface area contributed by atoms with E-state index in [0.29, 0.717) is 6.42 Å². The predicted molar refractivity (Wildman–Crippen MR) is 70.5 cm³/mol. The van der Waals surface area contributed by atoms with Crippen LogP contribution >= 0.6 is 0 Å². The van der Waals surface area contributed by atoms with Gasteiger partial charge in [-0.1, -0.05) is 39.8 Å². The largest absolute Gasteiger partial charge is 0.508 e. The molecule has 0 aromatic heterocycles. The number of phenols is 1.